The first kappa shape index (κ1) is 19.4. The maximum absolute atomic E-state index is 12.7. The van der Waals surface area contributed by atoms with E-state index >= 15 is 0 Å². The maximum Gasteiger partial charge on any atom is 0.256 e. The molecule has 0 bridgehead atoms. The monoisotopic (exact) mass is 387 g/mol. The Hall–Kier alpha value is -2.41. The average molecular weight is 388 g/mol. The van der Waals surface area contributed by atoms with Gasteiger partial charge in [-0.15, -0.1) is 4.40 Å². The Labute approximate surface area is 160 Å². The largest absolute Gasteiger partial charge is 0.345 e. The van der Waals surface area contributed by atoms with Crippen molar-refractivity contribution in [1.29, 1.82) is 0 Å². The van der Waals surface area contributed by atoms with E-state index in [4.69, 9.17) is 0 Å². The Morgan fingerprint density at radius 3 is 2.59 bits per heavy atom. The van der Waals surface area contributed by atoms with Crippen molar-refractivity contribution in [2.45, 2.75) is 33.2 Å². The summed E-state index contributed by atoms with van der Waals surface area (Å²) in [6.07, 6.45) is 6.09. The lowest BCUT2D eigenvalue weighted by molar-refractivity contribution is -0.117. The van der Waals surface area contributed by atoms with E-state index in [2.05, 4.69) is 35.7 Å². The summed E-state index contributed by atoms with van der Waals surface area (Å²) in [5, 5.41) is 2.94. The number of rotatable bonds is 5. The van der Waals surface area contributed by atoms with E-state index in [0.717, 1.165) is 12.0 Å². The fourth-order valence-electron chi connectivity index (χ4n) is 3.16. The number of carbonyl (C=O) groups is 1. The standard InChI is InChI=1S/C20H25N3O3S/c1-14(2)13-16-6-8-17(9-7-16)15(3)21-20(24)18-5-4-10-23-11-12-27(25,26)22-19(18)23/h4-10,14-15H,11-13H2,1-3H3,(H,21,24). The molecule has 0 spiro atoms. The van der Waals surface area contributed by atoms with E-state index in [1.54, 1.807) is 23.3 Å². The third-order valence-electron chi connectivity index (χ3n) is 4.57. The second-order valence-corrected chi connectivity index (χ2v) is 9.11. The number of sulfonamides is 1. The van der Waals surface area contributed by atoms with Crippen LogP contribution in [0.5, 0.6) is 0 Å². The van der Waals surface area contributed by atoms with Gasteiger partial charge in [0.05, 0.1) is 17.4 Å². The molecule has 0 radical (unpaired) electrons. The summed E-state index contributed by atoms with van der Waals surface area (Å²) < 4.78 is 27.4. The zero-order valence-electron chi connectivity index (χ0n) is 15.8. The molecule has 1 amide bonds. The molecular weight excluding hydrogens is 362 g/mol. The second-order valence-electron chi connectivity index (χ2n) is 7.35. The Kier molecular flexibility index (Phi) is 5.51. The van der Waals surface area contributed by atoms with Gasteiger partial charge in [-0.25, -0.2) is 8.42 Å². The number of carbonyl (C=O) groups excluding carboxylic acids is 1. The highest BCUT2D eigenvalue weighted by atomic mass is 32.2. The summed E-state index contributed by atoms with van der Waals surface area (Å²) in [6.45, 7) is 6.57. The van der Waals surface area contributed by atoms with Gasteiger partial charge in [0.2, 0.25) is 0 Å². The van der Waals surface area contributed by atoms with E-state index in [1.807, 2.05) is 19.1 Å². The van der Waals surface area contributed by atoms with Crippen molar-refractivity contribution in [3.05, 3.63) is 59.3 Å². The summed E-state index contributed by atoms with van der Waals surface area (Å²) in [5.74, 6) is 0.406. The molecule has 3 rings (SSSR count). The van der Waals surface area contributed by atoms with Crippen LogP contribution in [0.1, 0.15) is 37.9 Å². The van der Waals surface area contributed by atoms with Gasteiger partial charge < -0.3 is 10.2 Å². The number of hydrogen-bond acceptors (Lipinski definition) is 4. The van der Waals surface area contributed by atoms with E-state index in [9.17, 15) is 13.2 Å². The van der Waals surface area contributed by atoms with Gasteiger partial charge in [0, 0.05) is 12.7 Å². The predicted molar refractivity (Wildman–Crippen MR) is 107 cm³/mol. The van der Waals surface area contributed by atoms with Gasteiger partial charge in [-0.1, -0.05) is 38.1 Å². The van der Waals surface area contributed by atoms with Crippen LogP contribution in [-0.2, 0) is 21.2 Å². The predicted octanol–water partition coefficient (Wildman–Crippen LogP) is 2.56. The number of amides is 1. The van der Waals surface area contributed by atoms with Gasteiger partial charge >= 0.3 is 0 Å². The van der Waals surface area contributed by atoms with Crippen LogP contribution >= 0.6 is 0 Å². The molecule has 27 heavy (non-hydrogen) atoms. The van der Waals surface area contributed by atoms with Gasteiger partial charge in [0.25, 0.3) is 15.9 Å². The van der Waals surface area contributed by atoms with Crippen molar-refractivity contribution in [2.75, 3.05) is 12.3 Å². The Morgan fingerprint density at radius 2 is 1.93 bits per heavy atom. The number of hydrogen-bond donors (Lipinski definition) is 1. The molecule has 144 valence electrons. The van der Waals surface area contributed by atoms with Crippen LogP contribution in [0, 0.1) is 5.92 Å². The van der Waals surface area contributed by atoms with Crippen LogP contribution < -0.4 is 5.32 Å². The van der Waals surface area contributed by atoms with Crippen LogP contribution in [0.15, 0.2) is 52.6 Å². The lowest BCUT2D eigenvalue weighted by atomic mass is 9.99. The zero-order valence-corrected chi connectivity index (χ0v) is 16.7. The quantitative estimate of drug-likeness (QED) is 0.842. The van der Waals surface area contributed by atoms with Gasteiger partial charge in [-0.2, -0.15) is 0 Å². The molecule has 1 aromatic carbocycles. The summed E-state index contributed by atoms with van der Waals surface area (Å²) in [7, 11) is -3.52. The van der Waals surface area contributed by atoms with Crippen molar-refractivity contribution in [3.63, 3.8) is 0 Å². The van der Waals surface area contributed by atoms with Gasteiger partial charge in [0.1, 0.15) is 0 Å². The van der Waals surface area contributed by atoms with Crippen molar-refractivity contribution >= 4 is 21.8 Å². The minimum absolute atomic E-state index is 0.0468. The van der Waals surface area contributed by atoms with E-state index < -0.39 is 10.0 Å². The van der Waals surface area contributed by atoms with Crippen molar-refractivity contribution in [1.82, 2.24) is 10.2 Å². The molecule has 0 saturated carbocycles. The molecule has 2 heterocycles. The molecule has 0 aliphatic carbocycles. The number of benzene rings is 1. The summed E-state index contributed by atoms with van der Waals surface area (Å²) in [5.41, 5.74) is 2.53. The number of nitrogens with zero attached hydrogens (tertiary/aromatic N) is 2. The third kappa shape index (κ3) is 4.66. The van der Waals surface area contributed by atoms with Crippen molar-refractivity contribution < 1.29 is 13.2 Å². The molecule has 1 aromatic rings. The highest BCUT2D eigenvalue weighted by Gasteiger charge is 2.30. The van der Waals surface area contributed by atoms with Crippen molar-refractivity contribution in [3.8, 4) is 0 Å². The van der Waals surface area contributed by atoms with Crippen molar-refractivity contribution in [2.24, 2.45) is 10.3 Å². The molecule has 1 N–H and O–H groups in total. The molecule has 7 heteroatoms. The van der Waals surface area contributed by atoms with E-state index in [1.165, 1.54) is 5.56 Å². The van der Waals surface area contributed by atoms with E-state index in [0.29, 0.717) is 12.5 Å². The second kappa shape index (κ2) is 7.68. The molecule has 0 saturated heterocycles. The fourth-order valence-corrected chi connectivity index (χ4v) is 4.15. The molecule has 1 unspecified atom stereocenters. The lowest BCUT2D eigenvalue weighted by Gasteiger charge is -2.29. The molecule has 0 aromatic heterocycles. The molecule has 6 nitrogen and oxygen atoms in total. The maximum atomic E-state index is 12.7. The average Bonchev–Trinajstić information content (AvgIpc) is 2.60. The number of allylic oxidation sites excluding steroid dienone is 2. The zero-order chi connectivity index (χ0) is 19.6. The van der Waals surface area contributed by atoms with Crippen LogP contribution in [0.2, 0.25) is 0 Å². The molecular formula is C20H25N3O3S. The van der Waals surface area contributed by atoms with Crippen LogP contribution in [-0.4, -0.2) is 37.4 Å². The first-order valence-electron chi connectivity index (χ1n) is 9.13. The lowest BCUT2D eigenvalue weighted by Crippen LogP contribution is -2.42. The topological polar surface area (TPSA) is 78.8 Å². The van der Waals surface area contributed by atoms with Gasteiger partial charge in [-0.05, 0) is 42.5 Å². The first-order chi connectivity index (χ1) is 12.7. The highest BCUT2D eigenvalue weighted by Crippen LogP contribution is 2.20. The van der Waals surface area contributed by atoms with Crippen LogP contribution in [0.25, 0.3) is 0 Å². The number of fused-ring (bicyclic) bond motifs is 1. The van der Waals surface area contributed by atoms with Gasteiger partial charge in [0.15, 0.2) is 5.84 Å². The molecule has 2 aliphatic heterocycles. The van der Waals surface area contributed by atoms with Crippen LogP contribution in [0.4, 0.5) is 0 Å². The SMILES string of the molecule is CC(C)Cc1ccc(C(C)NC(=O)C2=CC=CN3CCS(=O)(=O)N=C23)cc1. The number of amidine groups is 1. The number of nitrogens with one attached hydrogen (secondary N) is 1. The third-order valence-corrected chi connectivity index (χ3v) is 5.72. The highest BCUT2D eigenvalue weighted by molar-refractivity contribution is 7.90. The molecule has 0 fully saturated rings. The fraction of sp³-hybridized carbons (Fsp3) is 0.400. The van der Waals surface area contributed by atoms with E-state index in [-0.39, 0.29) is 29.1 Å². The normalized spacial score (nSPS) is 19.2. The summed E-state index contributed by atoms with van der Waals surface area (Å²) >= 11 is 0. The first-order valence-corrected chi connectivity index (χ1v) is 10.7. The molecule has 2 aliphatic rings. The van der Waals surface area contributed by atoms with Crippen LogP contribution in [0.3, 0.4) is 0 Å². The Morgan fingerprint density at radius 1 is 1.22 bits per heavy atom. The Bertz CT molecular complexity index is 912. The smallest absolute Gasteiger partial charge is 0.256 e. The molecule has 1 atom stereocenters. The minimum Gasteiger partial charge on any atom is -0.345 e. The van der Waals surface area contributed by atoms with Gasteiger partial charge in [-0.3, -0.25) is 4.79 Å². The minimum atomic E-state index is -3.52. The summed E-state index contributed by atoms with van der Waals surface area (Å²) in [6, 6.07) is 8.01. The Balaban J connectivity index is 1.73. The summed E-state index contributed by atoms with van der Waals surface area (Å²) in [4.78, 5) is 14.4.